The molecule has 1 unspecified atom stereocenters. The van der Waals surface area contributed by atoms with Gasteiger partial charge < -0.3 is 10.1 Å². The second-order valence-corrected chi connectivity index (χ2v) is 6.48. The second kappa shape index (κ2) is 6.57. The molecular formula is C18H17N3O2S. The fourth-order valence-corrected chi connectivity index (χ4v) is 3.50. The van der Waals surface area contributed by atoms with Gasteiger partial charge in [0.1, 0.15) is 16.8 Å². The van der Waals surface area contributed by atoms with Crippen LogP contribution >= 0.6 is 11.7 Å². The molecule has 0 saturated heterocycles. The van der Waals surface area contributed by atoms with Crippen LogP contribution in [0.15, 0.2) is 42.5 Å². The summed E-state index contributed by atoms with van der Waals surface area (Å²) in [7, 11) is 0. The molecule has 2 heterocycles. The van der Waals surface area contributed by atoms with Crippen molar-refractivity contribution in [2.75, 3.05) is 6.61 Å². The molecule has 1 aromatic heterocycles. The highest BCUT2D eigenvalue weighted by Gasteiger charge is 2.23. The first kappa shape index (κ1) is 15.1. The Balaban J connectivity index is 1.42. The fraction of sp³-hybridized carbons (Fsp3) is 0.278. The Labute approximate surface area is 144 Å². The van der Waals surface area contributed by atoms with E-state index in [0.717, 1.165) is 40.8 Å². The number of aromatic nitrogens is 2. The van der Waals surface area contributed by atoms with Crippen molar-refractivity contribution in [2.24, 2.45) is 5.92 Å². The largest absolute Gasteiger partial charge is 0.493 e. The van der Waals surface area contributed by atoms with E-state index in [1.807, 2.05) is 42.5 Å². The first-order chi connectivity index (χ1) is 11.8. The van der Waals surface area contributed by atoms with Crippen LogP contribution in [0.2, 0.25) is 0 Å². The van der Waals surface area contributed by atoms with Crippen molar-refractivity contribution in [3.8, 4) is 5.75 Å². The standard InChI is InChI=1S/C18H17N3O2S/c22-18(14-7-8-23-17-4-2-1-3-13(17)10-14)19-11-12-5-6-15-16(9-12)21-24-20-15/h1-6,9,14H,7-8,10-11H2,(H,19,22). The van der Waals surface area contributed by atoms with Crippen LogP contribution in [0.5, 0.6) is 5.75 Å². The van der Waals surface area contributed by atoms with Gasteiger partial charge in [-0.05, 0) is 42.2 Å². The van der Waals surface area contributed by atoms with Gasteiger partial charge in [0, 0.05) is 12.5 Å². The number of amides is 1. The average Bonchev–Trinajstić information content (AvgIpc) is 2.96. The van der Waals surface area contributed by atoms with Crippen LogP contribution in [0.1, 0.15) is 17.5 Å². The zero-order valence-electron chi connectivity index (χ0n) is 13.1. The van der Waals surface area contributed by atoms with E-state index in [1.54, 1.807) is 0 Å². The van der Waals surface area contributed by atoms with Gasteiger partial charge in [-0.25, -0.2) is 0 Å². The van der Waals surface area contributed by atoms with Crippen molar-refractivity contribution < 1.29 is 9.53 Å². The second-order valence-electron chi connectivity index (χ2n) is 5.95. The Hall–Kier alpha value is -2.47. The summed E-state index contributed by atoms with van der Waals surface area (Å²) in [6, 6.07) is 13.8. The molecule has 1 aliphatic rings. The topological polar surface area (TPSA) is 64.1 Å². The van der Waals surface area contributed by atoms with Gasteiger partial charge in [0.2, 0.25) is 5.91 Å². The zero-order chi connectivity index (χ0) is 16.4. The molecule has 1 amide bonds. The third kappa shape index (κ3) is 3.10. The quantitative estimate of drug-likeness (QED) is 0.797. The molecule has 0 bridgehead atoms. The van der Waals surface area contributed by atoms with Gasteiger partial charge >= 0.3 is 0 Å². The number of rotatable bonds is 3. The lowest BCUT2D eigenvalue weighted by molar-refractivity contribution is -0.125. The SMILES string of the molecule is O=C(NCc1ccc2nsnc2c1)C1CCOc2ccccc2C1. The van der Waals surface area contributed by atoms with Crippen LogP contribution in [0.25, 0.3) is 11.0 Å². The lowest BCUT2D eigenvalue weighted by Crippen LogP contribution is -2.31. The number of hydrogen-bond acceptors (Lipinski definition) is 5. The van der Waals surface area contributed by atoms with E-state index in [-0.39, 0.29) is 11.8 Å². The Kier molecular flexibility index (Phi) is 4.13. The van der Waals surface area contributed by atoms with Crippen molar-refractivity contribution in [3.63, 3.8) is 0 Å². The highest BCUT2D eigenvalue weighted by Crippen LogP contribution is 2.26. The summed E-state index contributed by atoms with van der Waals surface area (Å²) in [4.78, 5) is 12.6. The van der Waals surface area contributed by atoms with Gasteiger partial charge in [0.25, 0.3) is 0 Å². The maximum atomic E-state index is 12.6. The van der Waals surface area contributed by atoms with Crippen molar-refractivity contribution >= 4 is 28.7 Å². The minimum absolute atomic E-state index is 0.0571. The molecule has 0 fully saturated rings. The smallest absolute Gasteiger partial charge is 0.223 e. The average molecular weight is 339 g/mol. The van der Waals surface area contributed by atoms with E-state index in [1.165, 1.54) is 11.7 Å². The van der Waals surface area contributed by atoms with Crippen LogP contribution in [0, 0.1) is 5.92 Å². The van der Waals surface area contributed by atoms with Crippen LogP contribution < -0.4 is 10.1 Å². The maximum absolute atomic E-state index is 12.6. The van der Waals surface area contributed by atoms with Gasteiger partial charge in [-0.3, -0.25) is 4.79 Å². The normalized spacial score (nSPS) is 16.9. The molecule has 0 aliphatic carbocycles. The van der Waals surface area contributed by atoms with Gasteiger partial charge in [0.05, 0.1) is 18.3 Å². The zero-order valence-corrected chi connectivity index (χ0v) is 13.9. The molecule has 122 valence electrons. The van der Waals surface area contributed by atoms with Crippen LogP contribution in [0.4, 0.5) is 0 Å². The van der Waals surface area contributed by atoms with E-state index >= 15 is 0 Å². The molecule has 1 aliphatic heterocycles. The summed E-state index contributed by atoms with van der Waals surface area (Å²) in [5, 5.41) is 3.04. The molecule has 4 rings (SSSR count). The van der Waals surface area contributed by atoms with Crippen molar-refractivity contribution in [1.29, 1.82) is 0 Å². The van der Waals surface area contributed by atoms with Crippen LogP contribution in [-0.4, -0.2) is 21.3 Å². The van der Waals surface area contributed by atoms with Crippen molar-refractivity contribution in [3.05, 3.63) is 53.6 Å². The van der Waals surface area contributed by atoms with E-state index in [2.05, 4.69) is 14.1 Å². The lowest BCUT2D eigenvalue weighted by Gasteiger charge is -2.14. The number of ether oxygens (including phenoxy) is 1. The predicted molar refractivity (Wildman–Crippen MR) is 93.0 cm³/mol. The Bertz CT molecular complexity index is 877. The molecule has 3 aromatic rings. The minimum atomic E-state index is -0.0571. The third-order valence-electron chi connectivity index (χ3n) is 4.32. The summed E-state index contributed by atoms with van der Waals surface area (Å²) in [5.41, 5.74) is 3.91. The van der Waals surface area contributed by atoms with Gasteiger partial charge in [-0.1, -0.05) is 24.3 Å². The number of nitrogens with one attached hydrogen (secondary N) is 1. The number of para-hydroxylation sites is 1. The highest BCUT2D eigenvalue weighted by molar-refractivity contribution is 7.00. The third-order valence-corrected chi connectivity index (χ3v) is 4.88. The molecule has 2 aromatic carbocycles. The number of fused-ring (bicyclic) bond motifs is 2. The monoisotopic (exact) mass is 339 g/mol. The molecule has 1 N–H and O–H groups in total. The Morgan fingerprint density at radius 1 is 1.21 bits per heavy atom. The summed E-state index contributed by atoms with van der Waals surface area (Å²) in [6.45, 7) is 1.08. The number of carbonyl (C=O) groups is 1. The van der Waals surface area contributed by atoms with Crippen LogP contribution in [-0.2, 0) is 17.8 Å². The summed E-state index contributed by atoms with van der Waals surface area (Å²) < 4.78 is 14.2. The van der Waals surface area contributed by atoms with E-state index in [9.17, 15) is 4.79 Å². The number of carbonyl (C=O) groups excluding carboxylic acids is 1. The molecule has 24 heavy (non-hydrogen) atoms. The molecular weight excluding hydrogens is 322 g/mol. The lowest BCUT2D eigenvalue weighted by atomic mass is 9.96. The van der Waals surface area contributed by atoms with Crippen molar-refractivity contribution in [1.82, 2.24) is 14.1 Å². The molecule has 0 spiro atoms. The van der Waals surface area contributed by atoms with Gasteiger partial charge in [0.15, 0.2) is 0 Å². The molecule has 0 radical (unpaired) electrons. The van der Waals surface area contributed by atoms with E-state index < -0.39 is 0 Å². The number of benzene rings is 2. The number of hydrogen-bond donors (Lipinski definition) is 1. The fourth-order valence-electron chi connectivity index (χ4n) is 2.99. The summed E-state index contributed by atoms with van der Waals surface area (Å²) >= 11 is 1.20. The molecule has 0 saturated carbocycles. The molecule has 5 nitrogen and oxygen atoms in total. The first-order valence-electron chi connectivity index (χ1n) is 7.99. The number of nitrogens with zero attached hydrogens (tertiary/aromatic N) is 2. The Morgan fingerprint density at radius 3 is 3.04 bits per heavy atom. The highest BCUT2D eigenvalue weighted by atomic mass is 32.1. The van der Waals surface area contributed by atoms with E-state index in [4.69, 9.17) is 4.74 Å². The first-order valence-corrected chi connectivity index (χ1v) is 8.72. The Morgan fingerprint density at radius 2 is 2.08 bits per heavy atom. The van der Waals surface area contributed by atoms with Gasteiger partial charge in [-0.2, -0.15) is 8.75 Å². The predicted octanol–water partition coefficient (Wildman–Crippen LogP) is 2.95. The molecule has 1 atom stereocenters. The summed E-state index contributed by atoms with van der Waals surface area (Å²) in [5.74, 6) is 0.916. The van der Waals surface area contributed by atoms with E-state index in [0.29, 0.717) is 13.2 Å². The van der Waals surface area contributed by atoms with Crippen LogP contribution in [0.3, 0.4) is 0 Å². The van der Waals surface area contributed by atoms with Gasteiger partial charge in [-0.15, -0.1) is 0 Å². The maximum Gasteiger partial charge on any atom is 0.223 e. The van der Waals surface area contributed by atoms with Crippen molar-refractivity contribution in [2.45, 2.75) is 19.4 Å². The summed E-state index contributed by atoms with van der Waals surface area (Å²) in [6.07, 6.45) is 1.45. The minimum Gasteiger partial charge on any atom is -0.493 e. The molecule has 6 heteroatoms.